The summed E-state index contributed by atoms with van der Waals surface area (Å²) in [5.41, 5.74) is 11.4. The molecule has 0 aromatic heterocycles. The molecular formula is C27H34N4O3. The van der Waals surface area contributed by atoms with Gasteiger partial charge in [-0.3, -0.25) is 9.59 Å². The van der Waals surface area contributed by atoms with E-state index in [1.54, 1.807) is 0 Å². The number of aryl methyl sites for hydroxylation is 1. The summed E-state index contributed by atoms with van der Waals surface area (Å²) < 4.78 is 5.36. The van der Waals surface area contributed by atoms with Gasteiger partial charge in [-0.2, -0.15) is 0 Å². The monoisotopic (exact) mass is 462 g/mol. The molecule has 7 nitrogen and oxygen atoms in total. The van der Waals surface area contributed by atoms with E-state index in [0.717, 1.165) is 50.1 Å². The van der Waals surface area contributed by atoms with Gasteiger partial charge in [-0.1, -0.05) is 12.1 Å². The number of nitrogens with zero attached hydrogens (tertiary/aromatic N) is 3. The van der Waals surface area contributed by atoms with E-state index in [-0.39, 0.29) is 17.7 Å². The Morgan fingerprint density at radius 1 is 1.00 bits per heavy atom. The molecule has 2 saturated heterocycles. The van der Waals surface area contributed by atoms with E-state index in [1.165, 1.54) is 16.8 Å². The van der Waals surface area contributed by atoms with Gasteiger partial charge in [0, 0.05) is 61.6 Å². The first-order chi connectivity index (χ1) is 16.5. The van der Waals surface area contributed by atoms with Crippen LogP contribution in [0.25, 0.3) is 0 Å². The fourth-order valence-electron chi connectivity index (χ4n) is 5.59. The number of benzene rings is 2. The highest BCUT2D eigenvalue weighted by Gasteiger charge is 2.30. The van der Waals surface area contributed by atoms with Gasteiger partial charge in [-0.05, 0) is 67.6 Å². The minimum Gasteiger partial charge on any atom is -0.378 e. The number of hydrogen-bond donors (Lipinski definition) is 1. The van der Waals surface area contributed by atoms with Crippen molar-refractivity contribution in [2.75, 3.05) is 55.7 Å². The molecule has 2 unspecified atom stereocenters. The highest BCUT2D eigenvalue weighted by molar-refractivity contribution is 5.94. The second kappa shape index (κ2) is 9.66. The first-order valence-corrected chi connectivity index (χ1v) is 12.4. The fourth-order valence-corrected chi connectivity index (χ4v) is 5.59. The van der Waals surface area contributed by atoms with E-state index < -0.39 is 0 Å². The molecule has 2 amide bonds. The van der Waals surface area contributed by atoms with Crippen LogP contribution in [0.4, 0.5) is 11.4 Å². The second-order valence-corrected chi connectivity index (χ2v) is 9.70. The molecular weight excluding hydrogens is 428 g/mol. The molecule has 0 bridgehead atoms. The average Bonchev–Trinajstić information content (AvgIpc) is 2.88. The van der Waals surface area contributed by atoms with Crippen LogP contribution in [-0.4, -0.2) is 68.7 Å². The number of morpholine rings is 1. The van der Waals surface area contributed by atoms with Crippen LogP contribution in [-0.2, 0) is 22.4 Å². The number of anilines is 2. The zero-order valence-corrected chi connectivity index (χ0v) is 19.9. The third kappa shape index (κ3) is 4.49. The van der Waals surface area contributed by atoms with Crippen molar-refractivity contribution in [3.05, 3.63) is 59.2 Å². The van der Waals surface area contributed by atoms with Crippen molar-refractivity contribution in [3.63, 3.8) is 0 Å². The van der Waals surface area contributed by atoms with Crippen LogP contribution in [0.2, 0.25) is 0 Å². The molecule has 34 heavy (non-hydrogen) atoms. The van der Waals surface area contributed by atoms with Crippen molar-refractivity contribution >= 4 is 23.2 Å². The van der Waals surface area contributed by atoms with Crippen molar-refractivity contribution in [1.29, 1.82) is 0 Å². The molecule has 1 aliphatic carbocycles. The first kappa shape index (κ1) is 22.7. The number of primary amides is 1. The van der Waals surface area contributed by atoms with E-state index in [1.807, 2.05) is 17.0 Å². The molecule has 2 heterocycles. The van der Waals surface area contributed by atoms with E-state index in [4.69, 9.17) is 10.5 Å². The van der Waals surface area contributed by atoms with Crippen molar-refractivity contribution in [2.45, 2.75) is 32.2 Å². The molecule has 2 aromatic rings. The smallest absolute Gasteiger partial charge is 0.254 e. The number of nitrogens with two attached hydrogens (primary N) is 1. The Labute approximate surface area is 201 Å². The molecule has 180 valence electrons. The Bertz CT molecular complexity index is 1050. The molecule has 2 fully saturated rings. The zero-order valence-electron chi connectivity index (χ0n) is 19.9. The molecule has 5 rings (SSSR count). The number of piperazine rings is 1. The molecule has 7 heteroatoms. The standard InChI is InChI=1S/C27H34N4O3/c1-19-18-30(23-9-7-21(8-10-23)27(33)29-13-15-34-16-14-29)11-12-31(19)25-4-2-3-20-5-6-22(26(28)32)17-24(20)25/h2-4,7-10,19,22H,5-6,11-18H2,1H3,(H2,28,32). The predicted molar refractivity (Wildman–Crippen MR) is 133 cm³/mol. The summed E-state index contributed by atoms with van der Waals surface area (Å²) in [6.45, 7) is 7.51. The molecule has 2 aromatic carbocycles. The van der Waals surface area contributed by atoms with E-state index in [0.29, 0.717) is 32.3 Å². The van der Waals surface area contributed by atoms with Gasteiger partial charge in [0.25, 0.3) is 5.91 Å². The summed E-state index contributed by atoms with van der Waals surface area (Å²) >= 11 is 0. The highest BCUT2D eigenvalue weighted by atomic mass is 16.5. The van der Waals surface area contributed by atoms with Crippen LogP contribution in [0, 0.1) is 5.92 Å². The van der Waals surface area contributed by atoms with Gasteiger partial charge in [0.15, 0.2) is 0 Å². The summed E-state index contributed by atoms with van der Waals surface area (Å²) in [5.74, 6) is -0.172. The van der Waals surface area contributed by atoms with Crippen LogP contribution in [0.15, 0.2) is 42.5 Å². The van der Waals surface area contributed by atoms with E-state index >= 15 is 0 Å². The summed E-state index contributed by atoms with van der Waals surface area (Å²) in [4.78, 5) is 31.3. The maximum absolute atomic E-state index is 12.7. The van der Waals surface area contributed by atoms with Crippen molar-refractivity contribution in [3.8, 4) is 0 Å². The first-order valence-electron chi connectivity index (χ1n) is 12.4. The van der Waals surface area contributed by atoms with Gasteiger partial charge in [-0.15, -0.1) is 0 Å². The second-order valence-electron chi connectivity index (χ2n) is 9.70. The molecule has 3 aliphatic rings. The number of amides is 2. The number of carbonyl (C=O) groups is 2. The maximum Gasteiger partial charge on any atom is 0.254 e. The summed E-state index contributed by atoms with van der Waals surface area (Å²) in [6.07, 6.45) is 2.51. The average molecular weight is 463 g/mol. The molecule has 2 atom stereocenters. The van der Waals surface area contributed by atoms with Crippen LogP contribution < -0.4 is 15.5 Å². The number of carbonyl (C=O) groups excluding carboxylic acids is 2. The lowest BCUT2D eigenvalue weighted by Crippen LogP contribution is -2.52. The number of hydrogen-bond acceptors (Lipinski definition) is 5. The van der Waals surface area contributed by atoms with Crippen LogP contribution in [0.3, 0.4) is 0 Å². The van der Waals surface area contributed by atoms with E-state index in [9.17, 15) is 9.59 Å². The van der Waals surface area contributed by atoms with Crippen LogP contribution in [0.1, 0.15) is 34.8 Å². The lowest BCUT2D eigenvalue weighted by molar-refractivity contribution is -0.122. The van der Waals surface area contributed by atoms with Crippen molar-refractivity contribution < 1.29 is 14.3 Å². The van der Waals surface area contributed by atoms with Gasteiger partial charge >= 0.3 is 0 Å². The maximum atomic E-state index is 12.7. The zero-order chi connectivity index (χ0) is 23.7. The van der Waals surface area contributed by atoms with Crippen LogP contribution >= 0.6 is 0 Å². The van der Waals surface area contributed by atoms with Gasteiger partial charge in [0.2, 0.25) is 5.91 Å². The Morgan fingerprint density at radius 3 is 2.47 bits per heavy atom. The molecule has 2 aliphatic heterocycles. The lowest BCUT2D eigenvalue weighted by Gasteiger charge is -2.44. The Balaban J connectivity index is 1.27. The Hall–Kier alpha value is -3.06. The number of ether oxygens (including phenoxy) is 1. The predicted octanol–water partition coefficient (Wildman–Crippen LogP) is 2.46. The summed E-state index contributed by atoms with van der Waals surface area (Å²) in [7, 11) is 0. The molecule has 2 N–H and O–H groups in total. The topological polar surface area (TPSA) is 79.1 Å². The minimum atomic E-state index is -0.186. The third-order valence-electron chi connectivity index (χ3n) is 7.58. The number of rotatable bonds is 4. The van der Waals surface area contributed by atoms with E-state index in [2.05, 4.69) is 47.1 Å². The normalized spacial score (nSPS) is 22.9. The number of fused-ring (bicyclic) bond motifs is 1. The van der Waals surface area contributed by atoms with Crippen LogP contribution in [0.5, 0.6) is 0 Å². The van der Waals surface area contributed by atoms with Crippen molar-refractivity contribution in [1.82, 2.24) is 4.90 Å². The Morgan fingerprint density at radius 2 is 1.76 bits per heavy atom. The lowest BCUT2D eigenvalue weighted by atomic mass is 9.82. The summed E-state index contributed by atoms with van der Waals surface area (Å²) in [6, 6.07) is 14.9. The quantitative estimate of drug-likeness (QED) is 0.755. The SMILES string of the molecule is CC1CN(c2ccc(C(=O)N3CCOCC3)cc2)CCN1c1cccc2c1CC(C(N)=O)CC2. The Kier molecular flexibility index (Phi) is 6.46. The largest absolute Gasteiger partial charge is 0.378 e. The van der Waals surface area contributed by atoms with Gasteiger partial charge < -0.3 is 25.2 Å². The summed E-state index contributed by atoms with van der Waals surface area (Å²) in [5, 5.41) is 0. The van der Waals surface area contributed by atoms with Gasteiger partial charge in [-0.25, -0.2) is 0 Å². The third-order valence-corrected chi connectivity index (χ3v) is 7.58. The highest BCUT2D eigenvalue weighted by Crippen LogP contribution is 2.35. The molecule has 0 radical (unpaired) electrons. The van der Waals surface area contributed by atoms with Gasteiger partial charge in [0.1, 0.15) is 0 Å². The van der Waals surface area contributed by atoms with Crippen molar-refractivity contribution in [2.24, 2.45) is 11.7 Å². The fraction of sp³-hybridized carbons (Fsp3) is 0.481. The molecule has 0 spiro atoms. The molecule has 0 saturated carbocycles. The van der Waals surface area contributed by atoms with Gasteiger partial charge in [0.05, 0.1) is 13.2 Å². The minimum absolute atomic E-state index is 0.0658.